The lowest BCUT2D eigenvalue weighted by Gasteiger charge is -2.11. The van der Waals surface area contributed by atoms with E-state index in [1.54, 1.807) is 0 Å². The Morgan fingerprint density at radius 3 is 2.42 bits per heavy atom. The number of fused-ring (bicyclic) bond motifs is 1. The van der Waals surface area contributed by atoms with Crippen LogP contribution in [-0.4, -0.2) is 27.1 Å². The first-order valence-corrected chi connectivity index (χ1v) is 9.94. The average molecular weight is 528 g/mol. The number of halogens is 1. The Hall–Kier alpha value is -3.14. The summed E-state index contributed by atoms with van der Waals surface area (Å²) >= 11 is 0. The summed E-state index contributed by atoms with van der Waals surface area (Å²) in [5.74, 6) is 3.19. The molecule has 0 aliphatic heterocycles. The summed E-state index contributed by atoms with van der Waals surface area (Å²) in [6.07, 6.45) is 1.95. The molecule has 0 bridgehead atoms. The Labute approximate surface area is 198 Å². The minimum Gasteiger partial charge on any atom is -0.457 e. The van der Waals surface area contributed by atoms with Gasteiger partial charge in [-0.25, -0.2) is 4.99 Å². The van der Waals surface area contributed by atoms with Crippen LogP contribution in [0.25, 0.3) is 5.65 Å². The van der Waals surface area contributed by atoms with Gasteiger partial charge in [0.1, 0.15) is 11.5 Å². The zero-order valence-corrected chi connectivity index (χ0v) is 19.6. The summed E-state index contributed by atoms with van der Waals surface area (Å²) < 4.78 is 7.80. The van der Waals surface area contributed by atoms with E-state index in [4.69, 9.17) is 4.74 Å². The largest absolute Gasteiger partial charge is 0.457 e. The van der Waals surface area contributed by atoms with Crippen molar-refractivity contribution < 1.29 is 4.74 Å². The molecule has 31 heavy (non-hydrogen) atoms. The minimum atomic E-state index is 0. The Kier molecular flexibility index (Phi) is 8.22. The molecule has 0 radical (unpaired) electrons. The van der Waals surface area contributed by atoms with Gasteiger partial charge in [0.25, 0.3) is 0 Å². The average Bonchev–Trinajstić information content (AvgIpc) is 3.20. The summed E-state index contributed by atoms with van der Waals surface area (Å²) in [6.45, 7) is 3.90. The lowest BCUT2D eigenvalue weighted by Crippen LogP contribution is -2.37. The van der Waals surface area contributed by atoms with Crippen molar-refractivity contribution in [1.29, 1.82) is 0 Å². The molecule has 4 rings (SSSR count). The van der Waals surface area contributed by atoms with Gasteiger partial charge in [-0.15, -0.1) is 34.2 Å². The first-order chi connectivity index (χ1) is 14.8. The molecular weight excluding hydrogens is 503 g/mol. The van der Waals surface area contributed by atoms with Crippen LogP contribution in [0.1, 0.15) is 18.3 Å². The summed E-state index contributed by atoms with van der Waals surface area (Å²) in [5, 5.41) is 15.0. The molecule has 0 amide bonds. The van der Waals surface area contributed by atoms with Gasteiger partial charge in [-0.2, -0.15) is 0 Å². The Bertz CT molecular complexity index is 1110. The van der Waals surface area contributed by atoms with E-state index in [0.29, 0.717) is 13.1 Å². The molecule has 2 N–H and O–H groups in total. The molecule has 0 aliphatic rings. The van der Waals surface area contributed by atoms with Crippen LogP contribution in [-0.2, 0) is 13.1 Å². The number of rotatable bonds is 7. The highest BCUT2D eigenvalue weighted by Crippen LogP contribution is 2.21. The Morgan fingerprint density at radius 1 is 0.903 bits per heavy atom. The van der Waals surface area contributed by atoms with Gasteiger partial charge < -0.3 is 15.4 Å². The van der Waals surface area contributed by atoms with Gasteiger partial charge in [0.2, 0.25) is 0 Å². The number of nitrogens with zero attached hydrogens (tertiary/aromatic N) is 4. The van der Waals surface area contributed by atoms with Crippen molar-refractivity contribution in [1.82, 2.24) is 25.2 Å². The zero-order chi connectivity index (χ0) is 20.6. The second-order valence-corrected chi connectivity index (χ2v) is 6.65. The van der Waals surface area contributed by atoms with E-state index in [-0.39, 0.29) is 24.0 Å². The highest BCUT2D eigenvalue weighted by Gasteiger charge is 2.06. The summed E-state index contributed by atoms with van der Waals surface area (Å²) in [4.78, 5) is 4.67. The first kappa shape index (κ1) is 22.5. The van der Waals surface area contributed by atoms with E-state index in [1.807, 2.05) is 90.3 Å². The van der Waals surface area contributed by atoms with Gasteiger partial charge in [-0.05, 0) is 48.9 Å². The smallest absolute Gasteiger partial charge is 0.191 e. The third-order valence-corrected chi connectivity index (χ3v) is 4.46. The Morgan fingerprint density at radius 2 is 1.65 bits per heavy atom. The van der Waals surface area contributed by atoms with Gasteiger partial charge in [0, 0.05) is 12.7 Å². The zero-order valence-electron chi connectivity index (χ0n) is 17.2. The van der Waals surface area contributed by atoms with Gasteiger partial charge in [0.05, 0.1) is 13.1 Å². The number of ether oxygens (including phenoxy) is 1. The molecule has 0 fully saturated rings. The lowest BCUT2D eigenvalue weighted by molar-refractivity contribution is 0.482. The number of aromatic nitrogens is 3. The number of aliphatic imine (C=N–C) groups is 1. The lowest BCUT2D eigenvalue weighted by atomic mass is 10.2. The van der Waals surface area contributed by atoms with Gasteiger partial charge >= 0.3 is 0 Å². The maximum atomic E-state index is 5.84. The standard InChI is InChI=1S/C23H24N6O.HI/c1-2-24-23(26-17-22-28-27-21-10-6-7-15-29(21)22)25-16-18-11-13-20(14-12-18)30-19-8-4-3-5-9-19;/h3-15H,2,16-17H2,1H3,(H2,24,25,26);1H. The van der Waals surface area contributed by atoms with Crippen LogP contribution in [0.2, 0.25) is 0 Å². The molecule has 0 saturated heterocycles. The van der Waals surface area contributed by atoms with Crippen molar-refractivity contribution >= 4 is 35.6 Å². The van der Waals surface area contributed by atoms with Crippen LogP contribution in [0.5, 0.6) is 11.5 Å². The summed E-state index contributed by atoms with van der Waals surface area (Å²) in [5.41, 5.74) is 1.93. The van der Waals surface area contributed by atoms with Crippen molar-refractivity contribution in [3.8, 4) is 11.5 Å². The second kappa shape index (κ2) is 11.3. The van der Waals surface area contributed by atoms with E-state index in [2.05, 4.69) is 25.8 Å². The van der Waals surface area contributed by atoms with E-state index in [1.165, 1.54) is 0 Å². The van der Waals surface area contributed by atoms with E-state index in [0.717, 1.165) is 41.0 Å². The molecule has 0 saturated carbocycles. The molecule has 0 spiro atoms. The van der Waals surface area contributed by atoms with Crippen molar-refractivity contribution in [3.63, 3.8) is 0 Å². The molecule has 0 atom stereocenters. The first-order valence-electron chi connectivity index (χ1n) is 9.94. The molecule has 2 aromatic heterocycles. The van der Waals surface area contributed by atoms with Crippen molar-refractivity contribution in [2.45, 2.75) is 20.0 Å². The van der Waals surface area contributed by atoms with Crippen molar-refractivity contribution in [3.05, 3.63) is 90.4 Å². The molecule has 0 unspecified atom stereocenters. The fourth-order valence-corrected chi connectivity index (χ4v) is 2.97. The van der Waals surface area contributed by atoms with Crippen LogP contribution in [0.3, 0.4) is 0 Å². The van der Waals surface area contributed by atoms with E-state index >= 15 is 0 Å². The number of benzene rings is 2. The maximum absolute atomic E-state index is 5.84. The minimum absolute atomic E-state index is 0. The van der Waals surface area contributed by atoms with Crippen molar-refractivity contribution in [2.24, 2.45) is 4.99 Å². The second-order valence-electron chi connectivity index (χ2n) is 6.65. The molecule has 4 aromatic rings. The fraction of sp³-hybridized carbons (Fsp3) is 0.174. The normalized spacial score (nSPS) is 11.1. The number of hydrogen-bond acceptors (Lipinski definition) is 4. The molecule has 0 aliphatic carbocycles. The molecular formula is C23H25IN6O. The quantitative estimate of drug-likeness (QED) is 0.212. The van der Waals surface area contributed by atoms with Crippen LogP contribution in [0.15, 0.2) is 84.0 Å². The number of guanidine groups is 1. The van der Waals surface area contributed by atoms with Crippen LogP contribution < -0.4 is 15.4 Å². The monoisotopic (exact) mass is 528 g/mol. The van der Waals surface area contributed by atoms with Crippen LogP contribution >= 0.6 is 24.0 Å². The maximum Gasteiger partial charge on any atom is 0.191 e. The molecule has 2 heterocycles. The number of pyridine rings is 1. The predicted molar refractivity (Wildman–Crippen MR) is 133 cm³/mol. The predicted octanol–water partition coefficient (Wildman–Crippen LogP) is 4.39. The topological polar surface area (TPSA) is 75.8 Å². The molecule has 2 aromatic carbocycles. The number of nitrogens with one attached hydrogen (secondary N) is 2. The van der Waals surface area contributed by atoms with Crippen molar-refractivity contribution in [2.75, 3.05) is 6.54 Å². The SMILES string of the molecule is CCNC(=NCc1ccc(Oc2ccccc2)cc1)NCc1nnc2ccccn12.I. The highest BCUT2D eigenvalue weighted by molar-refractivity contribution is 14.0. The number of hydrogen-bond donors (Lipinski definition) is 2. The summed E-state index contributed by atoms with van der Waals surface area (Å²) in [7, 11) is 0. The Balaban J connectivity index is 0.00000272. The summed E-state index contributed by atoms with van der Waals surface area (Å²) in [6, 6.07) is 23.6. The molecule has 160 valence electrons. The fourth-order valence-electron chi connectivity index (χ4n) is 2.97. The third-order valence-electron chi connectivity index (χ3n) is 4.46. The van der Waals surface area contributed by atoms with Crippen LogP contribution in [0, 0.1) is 0 Å². The molecule has 8 heteroatoms. The van der Waals surface area contributed by atoms with Gasteiger partial charge in [-0.3, -0.25) is 4.40 Å². The number of para-hydroxylation sites is 1. The van der Waals surface area contributed by atoms with Gasteiger partial charge in [0.15, 0.2) is 17.4 Å². The third kappa shape index (κ3) is 6.17. The van der Waals surface area contributed by atoms with Gasteiger partial charge in [-0.1, -0.05) is 36.4 Å². The highest BCUT2D eigenvalue weighted by atomic mass is 127. The van der Waals surface area contributed by atoms with Crippen LogP contribution in [0.4, 0.5) is 0 Å². The van der Waals surface area contributed by atoms with E-state index in [9.17, 15) is 0 Å². The molecule has 7 nitrogen and oxygen atoms in total. The van der Waals surface area contributed by atoms with E-state index < -0.39 is 0 Å².